The van der Waals surface area contributed by atoms with E-state index in [2.05, 4.69) is 15.2 Å². The Morgan fingerprint density at radius 3 is 2.57 bits per heavy atom. The molecule has 5 rings (SSSR count). The van der Waals surface area contributed by atoms with Crippen molar-refractivity contribution in [3.05, 3.63) is 89.5 Å². The number of hydrogen-bond donors (Lipinski definition) is 1. The number of piperazine rings is 1. The summed E-state index contributed by atoms with van der Waals surface area (Å²) in [5.74, 6) is -1.19. The van der Waals surface area contributed by atoms with Gasteiger partial charge in [-0.05, 0) is 55.1 Å². The third-order valence-electron chi connectivity index (χ3n) is 6.58. The van der Waals surface area contributed by atoms with Crippen molar-refractivity contribution in [1.29, 1.82) is 0 Å². The summed E-state index contributed by atoms with van der Waals surface area (Å²) in [6.45, 7) is 3.14. The molecule has 4 aromatic rings. The van der Waals surface area contributed by atoms with Gasteiger partial charge >= 0.3 is 6.18 Å². The maximum absolute atomic E-state index is 14.7. The van der Waals surface area contributed by atoms with Crippen molar-refractivity contribution >= 4 is 17.2 Å². The minimum atomic E-state index is -4.57. The molecule has 0 radical (unpaired) electrons. The first-order chi connectivity index (χ1) is 17.7. The molecule has 1 N–H and O–H groups in total. The number of fused-ring (bicyclic) bond motifs is 1. The van der Waals surface area contributed by atoms with Crippen LogP contribution in [0.25, 0.3) is 16.9 Å². The van der Waals surface area contributed by atoms with Gasteiger partial charge in [-0.15, -0.1) is 0 Å². The first-order valence-electron chi connectivity index (χ1n) is 11.8. The summed E-state index contributed by atoms with van der Waals surface area (Å²) >= 11 is 0. The third-order valence-corrected chi connectivity index (χ3v) is 6.58. The van der Waals surface area contributed by atoms with Gasteiger partial charge in [-0.2, -0.15) is 13.2 Å². The summed E-state index contributed by atoms with van der Waals surface area (Å²) in [5, 5.41) is 2.53. The molecular weight excluding hydrogens is 486 g/mol. The summed E-state index contributed by atoms with van der Waals surface area (Å²) in [6, 6.07) is 13.0. The zero-order valence-electron chi connectivity index (χ0n) is 20.1. The fraction of sp³-hybridized carbons (Fsp3) is 0.259. The molecule has 192 valence electrons. The van der Waals surface area contributed by atoms with Crippen LogP contribution >= 0.6 is 0 Å². The number of carbonyl (C=O) groups is 1. The number of aromatic nitrogens is 2. The van der Waals surface area contributed by atoms with Crippen LogP contribution in [0.2, 0.25) is 0 Å². The Bertz CT molecular complexity index is 1440. The van der Waals surface area contributed by atoms with Gasteiger partial charge in [-0.1, -0.05) is 12.1 Å². The molecule has 1 aliphatic rings. The summed E-state index contributed by atoms with van der Waals surface area (Å²) in [7, 11) is 1.98. The molecule has 1 aliphatic heterocycles. The number of halogens is 4. The lowest BCUT2D eigenvalue weighted by atomic mass is 10.0. The monoisotopic (exact) mass is 511 g/mol. The van der Waals surface area contributed by atoms with Crippen molar-refractivity contribution in [2.24, 2.45) is 0 Å². The molecule has 0 spiro atoms. The summed E-state index contributed by atoms with van der Waals surface area (Å²) in [4.78, 5) is 21.3. The molecule has 3 heterocycles. The van der Waals surface area contributed by atoms with E-state index in [0.29, 0.717) is 24.4 Å². The molecule has 1 saturated heterocycles. The second-order valence-corrected chi connectivity index (χ2v) is 9.17. The highest BCUT2D eigenvalue weighted by atomic mass is 19.4. The van der Waals surface area contributed by atoms with E-state index in [1.807, 2.05) is 11.9 Å². The van der Waals surface area contributed by atoms with Crippen LogP contribution in [0.5, 0.6) is 0 Å². The van der Waals surface area contributed by atoms with Crippen LogP contribution in [-0.4, -0.2) is 58.3 Å². The molecule has 0 unspecified atom stereocenters. The van der Waals surface area contributed by atoms with Gasteiger partial charge in [0.05, 0.1) is 17.5 Å². The lowest BCUT2D eigenvalue weighted by Crippen LogP contribution is -2.44. The molecule has 0 atom stereocenters. The van der Waals surface area contributed by atoms with E-state index in [4.69, 9.17) is 0 Å². The van der Waals surface area contributed by atoms with Gasteiger partial charge in [0.15, 0.2) is 0 Å². The smallest absolute Gasteiger partial charge is 0.322 e. The van der Waals surface area contributed by atoms with Crippen molar-refractivity contribution in [3.63, 3.8) is 0 Å². The van der Waals surface area contributed by atoms with E-state index < -0.39 is 23.5 Å². The number of pyridine rings is 1. The number of nitrogens with zero attached hydrogens (tertiary/aromatic N) is 4. The minimum Gasteiger partial charge on any atom is -0.322 e. The summed E-state index contributed by atoms with van der Waals surface area (Å²) in [5.41, 5.74) is 0.724. The highest BCUT2D eigenvalue weighted by Crippen LogP contribution is 2.35. The molecule has 37 heavy (non-hydrogen) atoms. The number of carbonyl (C=O) groups excluding carboxylic acids is 1. The molecule has 10 heteroatoms. The van der Waals surface area contributed by atoms with Crippen molar-refractivity contribution in [3.8, 4) is 11.3 Å². The molecule has 0 saturated carbocycles. The molecule has 0 bridgehead atoms. The van der Waals surface area contributed by atoms with Gasteiger partial charge in [0.1, 0.15) is 11.5 Å². The SMILES string of the molecule is CN1CCN(Cc2ccc(NC(=O)c3ccc(F)c(-c4cnc5ccccn45)c3)cc2C(F)(F)F)CC1. The Morgan fingerprint density at radius 1 is 1.03 bits per heavy atom. The highest BCUT2D eigenvalue weighted by Gasteiger charge is 2.34. The second-order valence-electron chi connectivity index (χ2n) is 9.17. The number of hydrogen-bond acceptors (Lipinski definition) is 4. The zero-order valence-corrected chi connectivity index (χ0v) is 20.1. The fourth-order valence-corrected chi connectivity index (χ4v) is 4.50. The predicted molar refractivity (Wildman–Crippen MR) is 133 cm³/mol. The van der Waals surface area contributed by atoms with Crippen LogP contribution in [0, 0.1) is 5.82 Å². The Balaban J connectivity index is 1.39. The van der Waals surface area contributed by atoms with Crippen LogP contribution in [0.4, 0.5) is 23.2 Å². The first kappa shape index (κ1) is 24.9. The molecule has 1 fully saturated rings. The average molecular weight is 512 g/mol. The maximum Gasteiger partial charge on any atom is 0.416 e. The van der Waals surface area contributed by atoms with Gasteiger partial charge in [-0.3, -0.25) is 14.1 Å². The van der Waals surface area contributed by atoms with Crippen LogP contribution in [-0.2, 0) is 12.7 Å². The van der Waals surface area contributed by atoms with E-state index in [9.17, 15) is 22.4 Å². The van der Waals surface area contributed by atoms with Gasteiger partial charge in [-0.25, -0.2) is 9.37 Å². The van der Waals surface area contributed by atoms with Crippen LogP contribution in [0.3, 0.4) is 0 Å². The van der Waals surface area contributed by atoms with Crippen molar-refractivity contribution in [2.45, 2.75) is 12.7 Å². The Morgan fingerprint density at radius 2 is 1.81 bits per heavy atom. The molecular formula is C27H25F4N5O. The largest absolute Gasteiger partial charge is 0.416 e. The van der Waals surface area contributed by atoms with Crippen molar-refractivity contribution in [1.82, 2.24) is 19.2 Å². The van der Waals surface area contributed by atoms with Gasteiger partial charge in [0.25, 0.3) is 5.91 Å². The van der Waals surface area contributed by atoms with Gasteiger partial charge < -0.3 is 10.2 Å². The minimum absolute atomic E-state index is 0.0140. The summed E-state index contributed by atoms with van der Waals surface area (Å²) < 4.78 is 58.1. The number of alkyl halides is 3. The highest BCUT2D eigenvalue weighted by molar-refractivity contribution is 6.05. The normalized spacial score (nSPS) is 15.3. The standard InChI is InChI=1S/C27H25F4N5O/c1-34-10-12-35(13-11-34)17-19-5-7-20(15-22(19)27(29,30)31)33-26(37)18-6-8-23(28)21(14-18)24-16-32-25-4-2-3-9-36(24)25/h2-9,14-16H,10-13,17H2,1H3,(H,33,37). The number of anilines is 1. The van der Waals surface area contributed by atoms with Crippen molar-refractivity contribution in [2.75, 3.05) is 38.5 Å². The molecule has 1 amide bonds. The second kappa shape index (κ2) is 9.95. The molecule has 2 aromatic heterocycles. The van der Waals surface area contributed by atoms with E-state index in [1.54, 1.807) is 28.8 Å². The zero-order chi connectivity index (χ0) is 26.2. The summed E-state index contributed by atoms with van der Waals surface area (Å²) in [6.07, 6.45) is -1.34. The third kappa shape index (κ3) is 5.35. The predicted octanol–water partition coefficient (Wildman–Crippen LogP) is 5.16. The van der Waals surface area contributed by atoms with Crippen molar-refractivity contribution < 1.29 is 22.4 Å². The number of benzene rings is 2. The lowest BCUT2D eigenvalue weighted by molar-refractivity contribution is -0.138. The number of likely N-dealkylation sites (N-methyl/N-ethyl adjacent to an activating group) is 1. The Kier molecular flexibility index (Phi) is 6.70. The van der Waals surface area contributed by atoms with E-state index in [0.717, 1.165) is 25.2 Å². The number of nitrogens with one attached hydrogen (secondary N) is 1. The Labute approximate surface area is 211 Å². The maximum atomic E-state index is 14.7. The van der Waals surface area contributed by atoms with Crippen LogP contribution in [0.1, 0.15) is 21.5 Å². The molecule has 0 aliphatic carbocycles. The van der Waals surface area contributed by atoms with Gasteiger partial charge in [0.2, 0.25) is 0 Å². The molecule has 2 aromatic carbocycles. The van der Waals surface area contributed by atoms with Crippen LogP contribution in [0.15, 0.2) is 67.0 Å². The topological polar surface area (TPSA) is 52.9 Å². The average Bonchev–Trinajstić information content (AvgIpc) is 3.30. The lowest BCUT2D eigenvalue weighted by Gasteiger charge is -2.33. The van der Waals surface area contributed by atoms with Crippen LogP contribution < -0.4 is 5.32 Å². The number of imidazole rings is 1. The Hall–Kier alpha value is -3.76. The quantitative estimate of drug-likeness (QED) is 0.376. The fourth-order valence-electron chi connectivity index (χ4n) is 4.50. The first-order valence-corrected chi connectivity index (χ1v) is 11.8. The van der Waals surface area contributed by atoms with E-state index in [1.165, 1.54) is 30.5 Å². The number of rotatable bonds is 5. The molecule has 6 nitrogen and oxygen atoms in total. The number of amides is 1. The van der Waals surface area contributed by atoms with E-state index >= 15 is 0 Å². The van der Waals surface area contributed by atoms with E-state index in [-0.39, 0.29) is 28.9 Å². The van der Waals surface area contributed by atoms with Gasteiger partial charge in [0, 0.05) is 55.7 Å².